The molecule has 2 fully saturated rings. The second kappa shape index (κ2) is 7.01. The van der Waals surface area contributed by atoms with Gasteiger partial charge in [-0.25, -0.2) is 4.79 Å². The van der Waals surface area contributed by atoms with Crippen molar-refractivity contribution in [2.45, 2.75) is 50.7 Å². The van der Waals surface area contributed by atoms with Crippen molar-refractivity contribution in [3.63, 3.8) is 0 Å². The van der Waals surface area contributed by atoms with Crippen molar-refractivity contribution in [1.82, 2.24) is 4.90 Å². The van der Waals surface area contributed by atoms with Crippen molar-refractivity contribution in [3.05, 3.63) is 29.8 Å². The second-order valence-corrected chi connectivity index (χ2v) is 6.82. The van der Waals surface area contributed by atoms with Gasteiger partial charge >= 0.3 is 6.09 Å². The summed E-state index contributed by atoms with van der Waals surface area (Å²) < 4.78 is 10.5. The zero-order chi connectivity index (χ0) is 17.2. The maximum atomic E-state index is 12.5. The topological polar surface area (TPSA) is 59.0 Å². The number of ether oxygens (including phenoxy) is 2. The van der Waals surface area contributed by atoms with Crippen LogP contribution in [-0.4, -0.2) is 42.0 Å². The van der Waals surface area contributed by atoms with Gasteiger partial charge in [0.15, 0.2) is 0 Å². The Labute approximate surface area is 143 Å². The fourth-order valence-corrected chi connectivity index (χ4v) is 4.31. The molecule has 3 rings (SSSR count). The van der Waals surface area contributed by atoms with Gasteiger partial charge in [0.2, 0.25) is 0 Å². The SMILES string of the molecule is CCOC(=O)N1CCC2(O)CCCCC2[C@@H]1c1ccc(OC)cc1. The molecule has 1 saturated heterocycles. The number of benzene rings is 1. The molecule has 5 heteroatoms. The fraction of sp³-hybridized carbons (Fsp3) is 0.632. The van der Waals surface area contributed by atoms with Crippen LogP contribution >= 0.6 is 0 Å². The Balaban J connectivity index is 1.96. The number of hydrogen-bond acceptors (Lipinski definition) is 4. The van der Waals surface area contributed by atoms with Crippen molar-refractivity contribution < 1.29 is 19.4 Å². The van der Waals surface area contributed by atoms with Gasteiger partial charge in [-0.2, -0.15) is 0 Å². The Hall–Kier alpha value is -1.75. The van der Waals surface area contributed by atoms with Gasteiger partial charge in [0.05, 0.1) is 25.4 Å². The Morgan fingerprint density at radius 1 is 1.29 bits per heavy atom. The minimum Gasteiger partial charge on any atom is -0.497 e. The van der Waals surface area contributed by atoms with Crippen LogP contribution in [-0.2, 0) is 4.74 Å². The molecule has 0 bridgehead atoms. The third-order valence-electron chi connectivity index (χ3n) is 5.53. The highest BCUT2D eigenvalue weighted by Gasteiger charge is 2.50. The van der Waals surface area contributed by atoms with Gasteiger partial charge in [0.25, 0.3) is 0 Å². The molecule has 0 radical (unpaired) electrons. The molecule has 1 aromatic rings. The summed E-state index contributed by atoms with van der Waals surface area (Å²) in [5.74, 6) is 0.842. The van der Waals surface area contributed by atoms with E-state index in [1.165, 1.54) is 0 Å². The fourth-order valence-electron chi connectivity index (χ4n) is 4.31. The number of carbonyl (C=O) groups excluding carboxylic acids is 1. The van der Waals surface area contributed by atoms with E-state index in [0.29, 0.717) is 19.6 Å². The van der Waals surface area contributed by atoms with E-state index >= 15 is 0 Å². The number of carbonyl (C=O) groups is 1. The van der Waals surface area contributed by atoms with Crippen molar-refractivity contribution >= 4 is 6.09 Å². The molecule has 0 aromatic heterocycles. The van der Waals surface area contributed by atoms with Crippen LogP contribution in [0.15, 0.2) is 24.3 Å². The number of methoxy groups -OCH3 is 1. The summed E-state index contributed by atoms with van der Waals surface area (Å²) >= 11 is 0. The molecule has 1 N–H and O–H groups in total. The van der Waals surface area contributed by atoms with E-state index in [0.717, 1.165) is 37.0 Å². The monoisotopic (exact) mass is 333 g/mol. The molecule has 1 amide bonds. The van der Waals surface area contributed by atoms with E-state index in [4.69, 9.17) is 9.47 Å². The van der Waals surface area contributed by atoms with Gasteiger partial charge in [-0.3, -0.25) is 0 Å². The van der Waals surface area contributed by atoms with Gasteiger partial charge in [-0.1, -0.05) is 25.0 Å². The number of aliphatic hydroxyl groups is 1. The average Bonchev–Trinajstić information content (AvgIpc) is 2.60. The largest absolute Gasteiger partial charge is 0.497 e. The van der Waals surface area contributed by atoms with Gasteiger partial charge in [-0.15, -0.1) is 0 Å². The molecule has 132 valence electrons. The summed E-state index contributed by atoms with van der Waals surface area (Å²) in [5.41, 5.74) is 0.361. The minimum absolute atomic E-state index is 0.0535. The van der Waals surface area contributed by atoms with E-state index in [-0.39, 0.29) is 18.1 Å². The number of piperidine rings is 1. The molecule has 1 aliphatic carbocycles. The molecular formula is C19H27NO4. The summed E-state index contributed by atoms with van der Waals surface area (Å²) in [6.45, 7) is 2.71. The van der Waals surface area contributed by atoms with Crippen LogP contribution in [0.4, 0.5) is 4.79 Å². The second-order valence-electron chi connectivity index (χ2n) is 6.82. The number of amides is 1. The molecule has 1 aromatic carbocycles. The Morgan fingerprint density at radius 2 is 2.04 bits per heavy atom. The number of nitrogens with zero attached hydrogens (tertiary/aromatic N) is 1. The summed E-state index contributed by atoms with van der Waals surface area (Å²) in [4.78, 5) is 14.3. The predicted octanol–water partition coefficient (Wildman–Crippen LogP) is 3.52. The lowest BCUT2D eigenvalue weighted by atomic mass is 9.66. The van der Waals surface area contributed by atoms with E-state index in [2.05, 4.69) is 0 Å². The molecule has 5 nitrogen and oxygen atoms in total. The minimum atomic E-state index is -0.675. The molecule has 1 aliphatic heterocycles. The highest BCUT2D eigenvalue weighted by Crippen LogP contribution is 2.49. The maximum Gasteiger partial charge on any atom is 0.410 e. The van der Waals surface area contributed by atoms with Crippen molar-refractivity contribution in [1.29, 1.82) is 0 Å². The van der Waals surface area contributed by atoms with Crippen LogP contribution in [0, 0.1) is 5.92 Å². The zero-order valence-electron chi connectivity index (χ0n) is 14.5. The van der Waals surface area contributed by atoms with E-state index in [1.54, 1.807) is 12.0 Å². The normalized spacial score (nSPS) is 29.7. The molecule has 1 heterocycles. The first-order valence-electron chi connectivity index (χ1n) is 8.89. The summed E-state index contributed by atoms with van der Waals surface area (Å²) in [5, 5.41) is 11.1. The number of rotatable bonds is 3. The smallest absolute Gasteiger partial charge is 0.410 e. The first-order valence-corrected chi connectivity index (χ1v) is 8.89. The maximum absolute atomic E-state index is 12.5. The number of fused-ring (bicyclic) bond motifs is 1. The first-order chi connectivity index (χ1) is 11.6. The standard InChI is InChI=1S/C19H27NO4/c1-3-24-18(21)20-13-12-19(22)11-5-4-6-16(19)17(20)14-7-9-15(23-2)10-8-14/h7-10,16-17,22H,3-6,11-13H2,1-2H3/t16?,17-,19?/m0/s1. The molecule has 2 aliphatic rings. The third-order valence-corrected chi connectivity index (χ3v) is 5.53. The average molecular weight is 333 g/mol. The summed E-state index contributed by atoms with van der Waals surface area (Å²) in [6, 6.07) is 7.67. The van der Waals surface area contributed by atoms with Gasteiger partial charge in [-0.05, 0) is 43.9 Å². The van der Waals surface area contributed by atoms with Crippen LogP contribution in [0.2, 0.25) is 0 Å². The summed E-state index contributed by atoms with van der Waals surface area (Å²) in [7, 11) is 1.64. The first kappa shape index (κ1) is 17.1. The number of hydrogen-bond donors (Lipinski definition) is 1. The Kier molecular flexibility index (Phi) is 4.99. The molecular weight excluding hydrogens is 306 g/mol. The van der Waals surface area contributed by atoms with Crippen molar-refractivity contribution in [3.8, 4) is 5.75 Å². The highest BCUT2D eigenvalue weighted by molar-refractivity contribution is 5.68. The van der Waals surface area contributed by atoms with Crippen LogP contribution in [0.25, 0.3) is 0 Å². The quantitative estimate of drug-likeness (QED) is 0.919. The Morgan fingerprint density at radius 3 is 2.71 bits per heavy atom. The molecule has 1 saturated carbocycles. The van der Waals surface area contributed by atoms with Crippen LogP contribution in [0.5, 0.6) is 5.75 Å². The van der Waals surface area contributed by atoms with E-state index < -0.39 is 5.60 Å². The zero-order valence-corrected chi connectivity index (χ0v) is 14.5. The lowest BCUT2D eigenvalue weighted by Crippen LogP contribution is -2.56. The third kappa shape index (κ3) is 3.09. The van der Waals surface area contributed by atoms with Crippen LogP contribution in [0.1, 0.15) is 50.6 Å². The van der Waals surface area contributed by atoms with Crippen molar-refractivity contribution in [2.75, 3.05) is 20.3 Å². The molecule has 0 spiro atoms. The molecule has 3 atom stereocenters. The van der Waals surface area contributed by atoms with Crippen LogP contribution < -0.4 is 4.74 Å². The van der Waals surface area contributed by atoms with Crippen LogP contribution in [0.3, 0.4) is 0 Å². The van der Waals surface area contributed by atoms with E-state index in [9.17, 15) is 9.90 Å². The molecule has 2 unspecified atom stereocenters. The highest BCUT2D eigenvalue weighted by atomic mass is 16.6. The lowest BCUT2D eigenvalue weighted by Gasteiger charge is -2.52. The predicted molar refractivity (Wildman–Crippen MR) is 91.0 cm³/mol. The van der Waals surface area contributed by atoms with Crippen molar-refractivity contribution in [2.24, 2.45) is 5.92 Å². The van der Waals surface area contributed by atoms with E-state index in [1.807, 2.05) is 31.2 Å². The Bertz CT molecular complexity index is 573. The summed E-state index contributed by atoms with van der Waals surface area (Å²) in [6.07, 6.45) is 4.25. The van der Waals surface area contributed by atoms with Gasteiger partial charge in [0, 0.05) is 12.5 Å². The molecule has 24 heavy (non-hydrogen) atoms. The van der Waals surface area contributed by atoms with Gasteiger partial charge < -0.3 is 19.5 Å². The lowest BCUT2D eigenvalue weighted by molar-refractivity contribution is -0.118. The number of likely N-dealkylation sites (tertiary alicyclic amines) is 1. The van der Waals surface area contributed by atoms with Gasteiger partial charge in [0.1, 0.15) is 5.75 Å².